The Morgan fingerprint density at radius 1 is 1.09 bits per heavy atom. The van der Waals surface area contributed by atoms with Crippen molar-refractivity contribution in [3.8, 4) is 0 Å². The number of rotatable bonds is 5. The molecule has 1 aliphatic carbocycles. The van der Waals surface area contributed by atoms with Crippen molar-refractivity contribution in [1.82, 2.24) is 5.32 Å². The highest BCUT2D eigenvalue weighted by molar-refractivity contribution is 5.99. The minimum Gasteiger partial charge on any atom is -0.467 e. The van der Waals surface area contributed by atoms with Gasteiger partial charge in [0.15, 0.2) is 0 Å². The summed E-state index contributed by atoms with van der Waals surface area (Å²) < 4.78 is 32.1. The molecule has 2 amide bonds. The molecule has 0 aliphatic heterocycles. The van der Waals surface area contributed by atoms with Crippen molar-refractivity contribution in [1.29, 1.82) is 0 Å². The smallest absolute Gasteiger partial charge is 0.228 e. The van der Waals surface area contributed by atoms with Crippen LogP contribution < -0.4 is 10.6 Å². The normalized spacial score (nSPS) is 19.2. The van der Waals surface area contributed by atoms with E-state index < -0.39 is 35.1 Å². The van der Waals surface area contributed by atoms with Gasteiger partial charge in [-0.3, -0.25) is 9.59 Å². The molecule has 0 bridgehead atoms. The molecule has 0 spiro atoms. The molecule has 23 heavy (non-hydrogen) atoms. The number of furan rings is 1. The second-order valence-corrected chi connectivity index (χ2v) is 5.33. The van der Waals surface area contributed by atoms with Gasteiger partial charge in [-0.2, -0.15) is 0 Å². The van der Waals surface area contributed by atoms with Crippen LogP contribution in [0.1, 0.15) is 12.2 Å². The third-order valence-electron chi connectivity index (χ3n) is 3.69. The van der Waals surface area contributed by atoms with E-state index in [1.807, 2.05) is 0 Å². The number of hydrogen-bond donors (Lipinski definition) is 2. The summed E-state index contributed by atoms with van der Waals surface area (Å²) in [4.78, 5) is 23.9. The van der Waals surface area contributed by atoms with Crippen LogP contribution in [0, 0.1) is 23.5 Å². The van der Waals surface area contributed by atoms with Crippen LogP contribution in [0.4, 0.5) is 14.5 Å². The lowest BCUT2D eigenvalue weighted by Crippen LogP contribution is -2.27. The SMILES string of the molecule is O=C(NCc1ccco1)C1CC1C(=O)Nc1c(F)cccc1F. The molecular formula is C16H14F2N2O3. The highest BCUT2D eigenvalue weighted by Gasteiger charge is 2.48. The molecular weight excluding hydrogens is 306 g/mol. The van der Waals surface area contributed by atoms with E-state index in [1.54, 1.807) is 12.1 Å². The van der Waals surface area contributed by atoms with Crippen molar-refractivity contribution in [2.45, 2.75) is 13.0 Å². The predicted octanol–water partition coefficient (Wildman–Crippen LogP) is 2.45. The fourth-order valence-electron chi connectivity index (χ4n) is 2.33. The number of carbonyl (C=O) groups excluding carboxylic acids is 2. The van der Waals surface area contributed by atoms with Gasteiger partial charge in [0.25, 0.3) is 0 Å². The van der Waals surface area contributed by atoms with E-state index in [9.17, 15) is 18.4 Å². The van der Waals surface area contributed by atoms with Crippen LogP contribution in [0.3, 0.4) is 0 Å². The zero-order chi connectivity index (χ0) is 16.4. The van der Waals surface area contributed by atoms with Gasteiger partial charge in [0.2, 0.25) is 11.8 Å². The number of halogens is 2. The molecule has 2 atom stereocenters. The lowest BCUT2D eigenvalue weighted by Gasteiger charge is -2.07. The van der Waals surface area contributed by atoms with Gasteiger partial charge in [-0.15, -0.1) is 0 Å². The van der Waals surface area contributed by atoms with Gasteiger partial charge in [-0.05, 0) is 30.7 Å². The van der Waals surface area contributed by atoms with Gasteiger partial charge in [0, 0.05) is 0 Å². The Hall–Kier alpha value is -2.70. The molecule has 1 aromatic heterocycles. The lowest BCUT2D eigenvalue weighted by atomic mass is 10.2. The summed E-state index contributed by atoms with van der Waals surface area (Å²) in [7, 11) is 0. The number of hydrogen-bond acceptors (Lipinski definition) is 3. The molecule has 2 N–H and O–H groups in total. The van der Waals surface area contributed by atoms with Crippen LogP contribution >= 0.6 is 0 Å². The first-order valence-corrected chi connectivity index (χ1v) is 7.11. The minimum absolute atomic E-state index is 0.235. The fourth-order valence-corrected chi connectivity index (χ4v) is 2.33. The Kier molecular flexibility index (Phi) is 4.10. The topological polar surface area (TPSA) is 71.3 Å². The Morgan fingerprint density at radius 3 is 2.43 bits per heavy atom. The van der Waals surface area contributed by atoms with Crippen molar-refractivity contribution < 1.29 is 22.8 Å². The third kappa shape index (κ3) is 3.39. The first-order chi connectivity index (χ1) is 11.1. The molecule has 1 aromatic carbocycles. The van der Waals surface area contributed by atoms with E-state index in [2.05, 4.69) is 10.6 Å². The van der Waals surface area contributed by atoms with Crippen molar-refractivity contribution in [3.05, 3.63) is 54.0 Å². The summed E-state index contributed by atoms with van der Waals surface area (Å²) in [5, 5.41) is 4.87. The van der Waals surface area contributed by atoms with Crippen LogP contribution in [-0.2, 0) is 16.1 Å². The van der Waals surface area contributed by atoms with E-state index >= 15 is 0 Å². The Labute approximate surface area is 130 Å². The lowest BCUT2D eigenvalue weighted by molar-refractivity contribution is -0.125. The Bertz CT molecular complexity index is 711. The second kappa shape index (κ2) is 6.20. The maximum atomic E-state index is 13.5. The van der Waals surface area contributed by atoms with Gasteiger partial charge in [-0.1, -0.05) is 6.07 Å². The number of nitrogens with one attached hydrogen (secondary N) is 2. The quantitative estimate of drug-likeness (QED) is 0.889. The summed E-state index contributed by atoms with van der Waals surface area (Å²) in [5.74, 6) is -3.00. The fraction of sp³-hybridized carbons (Fsp3) is 0.250. The Balaban J connectivity index is 1.53. The average Bonchev–Trinajstić information content (AvgIpc) is 3.16. The van der Waals surface area contributed by atoms with Crippen molar-refractivity contribution in [2.24, 2.45) is 11.8 Å². The van der Waals surface area contributed by atoms with Crippen LogP contribution in [0.5, 0.6) is 0 Å². The number of para-hydroxylation sites is 1. The van der Waals surface area contributed by atoms with Crippen LogP contribution in [0.2, 0.25) is 0 Å². The van der Waals surface area contributed by atoms with Crippen molar-refractivity contribution in [3.63, 3.8) is 0 Å². The molecule has 1 heterocycles. The molecule has 120 valence electrons. The van der Waals surface area contributed by atoms with Gasteiger partial charge < -0.3 is 15.1 Å². The van der Waals surface area contributed by atoms with Crippen LogP contribution in [0.25, 0.3) is 0 Å². The molecule has 1 aliphatic rings. The average molecular weight is 320 g/mol. The van der Waals surface area contributed by atoms with Crippen molar-refractivity contribution >= 4 is 17.5 Å². The van der Waals surface area contributed by atoms with Gasteiger partial charge in [0.05, 0.1) is 24.6 Å². The zero-order valence-electron chi connectivity index (χ0n) is 12.0. The van der Waals surface area contributed by atoms with Crippen molar-refractivity contribution in [2.75, 3.05) is 5.32 Å². The maximum absolute atomic E-state index is 13.5. The molecule has 1 fully saturated rings. The monoisotopic (exact) mass is 320 g/mol. The van der Waals surface area contributed by atoms with E-state index in [-0.39, 0.29) is 12.5 Å². The largest absolute Gasteiger partial charge is 0.467 e. The summed E-state index contributed by atoms with van der Waals surface area (Å²) in [6.07, 6.45) is 1.85. The van der Waals surface area contributed by atoms with E-state index in [4.69, 9.17) is 4.42 Å². The first kappa shape index (κ1) is 15.2. The van der Waals surface area contributed by atoms with Crippen LogP contribution in [0.15, 0.2) is 41.0 Å². The van der Waals surface area contributed by atoms with Gasteiger partial charge >= 0.3 is 0 Å². The third-order valence-corrected chi connectivity index (χ3v) is 3.69. The summed E-state index contributed by atoms with van der Waals surface area (Å²) in [5.41, 5.74) is -0.487. The zero-order valence-corrected chi connectivity index (χ0v) is 12.0. The molecule has 5 nitrogen and oxygen atoms in total. The number of anilines is 1. The minimum atomic E-state index is -0.849. The van der Waals surface area contributed by atoms with Crippen LogP contribution in [-0.4, -0.2) is 11.8 Å². The molecule has 7 heteroatoms. The number of carbonyl (C=O) groups is 2. The molecule has 2 aromatic rings. The van der Waals surface area contributed by atoms with Gasteiger partial charge in [-0.25, -0.2) is 8.78 Å². The molecule has 0 radical (unpaired) electrons. The number of benzene rings is 1. The molecule has 0 saturated heterocycles. The first-order valence-electron chi connectivity index (χ1n) is 7.11. The molecule has 2 unspecified atom stereocenters. The molecule has 1 saturated carbocycles. The van der Waals surface area contributed by atoms with E-state index in [0.29, 0.717) is 12.2 Å². The standard InChI is InChI=1S/C16H14F2N2O3/c17-12-4-1-5-13(18)14(12)20-16(22)11-7-10(11)15(21)19-8-9-3-2-6-23-9/h1-6,10-11H,7-8H2,(H,19,21)(H,20,22). The summed E-state index contributed by atoms with van der Waals surface area (Å²) >= 11 is 0. The predicted molar refractivity (Wildman–Crippen MR) is 77.1 cm³/mol. The Morgan fingerprint density at radius 2 is 1.78 bits per heavy atom. The van der Waals surface area contributed by atoms with Gasteiger partial charge in [0.1, 0.15) is 23.1 Å². The second-order valence-electron chi connectivity index (χ2n) is 5.33. The number of amides is 2. The highest BCUT2D eigenvalue weighted by atomic mass is 19.1. The summed E-state index contributed by atoms with van der Waals surface area (Å²) in [6.45, 7) is 0.235. The highest BCUT2D eigenvalue weighted by Crippen LogP contribution is 2.39. The molecule has 3 rings (SSSR count). The van der Waals surface area contributed by atoms with E-state index in [0.717, 1.165) is 12.1 Å². The maximum Gasteiger partial charge on any atom is 0.228 e. The van der Waals surface area contributed by atoms with E-state index in [1.165, 1.54) is 12.3 Å². The summed E-state index contributed by atoms with van der Waals surface area (Å²) in [6, 6.07) is 6.75.